The van der Waals surface area contributed by atoms with Crippen LogP contribution in [0.1, 0.15) is 11.3 Å². The van der Waals surface area contributed by atoms with Crippen LogP contribution in [0, 0.1) is 12.7 Å². The molecular weight excluding hydrogens is 253 g/mol. The van der Waals surface area contributed by atoms with Gasteiger partial charge in [-0.25, -0.2) is 9.37 Å². The SMILES string of the molecule is Cc1ccc(F)c(OCc2ccc3ccccc3n2)c1. The maximum Gasteiger partial charge on any atom is 0.165 e. The number of nitrogens with zero attached hydrogens (tertiary/aromatic N) is 1. The number of halogens is 1. The fourth-order valence-electron chi connectivity index (χ4n) is 2.06. The first-order valence-corrected chi connectivity index (χ1v) is 6.46. The zero-order chi connectivity index (χ0) is 13.9. The molecule has 2 aromatic carbocycles. The van der Waals surface area contributed by atoms with Crippen LogP contribution in [0.5, 0.6) is 5.75 Å². The molecule has 0 fully saturated rings. The number of aromatic nitrogens is 1. The van der Waals surface area contributed by atoms with Crippen LogP contribution in [0.25, 0.3) is 10.9 Å². The van der Waals surface area contributed by atoms with E-state index in [1.165, 1.54) is 6.07 Å². The Morgan fingerprint density at radius 3 is 2.80 bits per heavy atom. The molecule has 0 amide bonds. The molecule has 0 spiro atoms. The van der Waals surface area contributed by atoms with Crippen LogP contribution in [0.3, 0.4) is 0 Å². The summed E-state index contributed by atoms with van der Waals surface area (Å²) in [6.07, 6.45) is 0. The number of pyridine rings is 1. The van der Waals surface area contributed by atoms with Crippen LogP contribution in [-0.2, 0) is 6.61 Å². The molecule has 0 atom stereocenters. The van der Waals surface area contributed by atoms with E-state index in [1.807, 2.05) is 43.3 Å². The average Bonchev–Trinajstić information content (AvgIpc) is 2.48. The lowest BCUT2D eigenvalue weighted by Crippen LogP contribution is -2.00. The van der Waals surface area contributed by atoms with Crippen LogP contribution in [0.15, 0.2) is 54.6 Å². The van der Waals surface area contributed by atoms with Crippen molar-refractivity contribution in [3.63, 3.8) is 0 Å². The monoisotopic (exact) mass is 267 g/mol. The van der Waals surface area contributed by atoms with E-state index in [9.17, 15) is 4.39 Å². The third-order valence-electron chi connectivity index (χ3n) is 3.12. The number of aryl methyl sites for hydroxylation is 1. The molecule has 0 aliphatic carbocycles. The Bertz CT molecular complexity index is 755. The van der Waals surface area contributed by atoms with E-state index in [-0.39, 0.29) is 18.2 Å². The fourth-order valence-corrected chi connectivity index (χ4v) is 2.06. The van der Waals surface area contributed by atoms with Gasteiger partial charge in [0.25, 0.3) is 0 Å². The second-order valence-electron chi connectivity index (χ2n) is 4.72. The number of benzene rings is 2. The summed E-state index contributed by atoms with van der Waals surface area (Å²) >= 11 is 0. The molecule has 3 aromatic rings. The molecule has 1 aromatic heterocycles. The summed E-state index contributed by atoms with van der Waals surface area (Å²) in [5.74, 6) is -0.0867. The normalized spacial score (nSPS) is 10.7. The highest BCUT2D eigenvalue weighted by Crippen LogP contribution is 2.20. The fraction of sp³-hybridized carbons (Fsp3) is 0.118. The predicted molar refractivity (Wildman–Crippen MR) is 77.2 cm³/mol. The number of para-hydroxylation sites is 1. The number of fused-ring (bicyclic) bond motifs is 1. The summed E-state index contributed by atoms with van der Waals surface area (Å²) in [6.45, 7) is 2.16. The molecular formula is C17H14FNO. The summed E-state index contributed by atoms with van der Waals surface area (Å²) < 4.78 is 19.1. The average molecular weight is 267 g/mol. The minimum atomic E-state index is -0.351. The first-order valence-electron chi connectivity index (χ1n) is 6.46. The molecule has 20 heavy (non-hydrogen) atoms. The van der Waals surface area contributed by atoms with Crippen molar-refractivity contribution < 1.29 is 9.13 Å². The molecule has 3 heteroatoms. The first-order chi connectivity index (χ1) is 9.72. The molecule has 0 saturated carbocycles. The molecule has 0 aliphatic heterocycles. The lowest BCUT2D eigenvalue weighted by Gasteiger charge is -2.08. The van der Waals surface area contributed by atoms with E-state index in [2.05, 4.69) is 4.98 Å². The van der Waals surface area contributed by atoms with Crippen LogP contribution in [0.4, 0.5) is 4.39 Å². The van der Waals surface area contributed by atoms with Gasteiger partial charge in [-0.1, -0.05) is 30.3 Å². The summed E-state index contributed by atoms with van der Waals surface area (Å²) in [6, 6.07) is 16.6. The predicted octanol–water partition coefficient (Wildman–Crippen LogP) is 4.26. The van der Waals surface area contributed by atoms with Crippen molar-refractivity contribution in [3.8, 4) is 5.75 Å². The van der Waals surface area contributed by atoms with Crippen molar-refractivity contribution in [1.29, 1.82) is 0 Å². The maximum absolute atomic E-state index is 13.6. The Hall–Kier alpha value is -2.42. The van der Waals surface area contributed by atoms with Gasteiger partial charge in [0.05, 0.1) is 11.2 Å². The number of hydrogen-bond donors (Lipinski definition) is 0. The Morgan fingerprint density at radius 2 is 1.90 bits per heavy atom. The molecule has 0 radical (unpaired) electrons. The highest BCUT2D eigenvalue weighted by Gasteiger charge is 2.05. The van der Waals surface area contributed by atoms with Gasteiger partial charge in [-0.05, 0) is 36.8 Å². The lowest BCUT2D eigenvalue weighted by molar-refractivity contribution is 0.286. The second-order valence-corrected chi connectivity index (χ2v) is 4.72. The molecule has 2 nitrogen and oxygen atoms in total. The smallest absolute Gasteiger partial charge is 0.165 e. The zero-order valence-corrected chi connectivity index (χ0v) is 11.1. The van der Waals surface area contributed by atoms with Gasteiger partial charge in [0.2, 0.25) is 0 Å². The Labute approximate surface area is 116 Å². The number of ether oxygens (including phenoxy) is 1. The summed E-state index contributed by atoms with van der Waals surface area (Å²) in [5.41, 5.74) is 2.66. The van der Waals surface area contributed by atoms with Crippen molar-refractivity contribution in [2.75, 3.05) is 0 Å². The molecule has 100 valence electrons. The highest BCUT2D eigenvalue weighted by molar-refractivity contribution is 5.78. The standard InChI is InChI=1S/C17H14FNO/c1-12-6-9-15(18)17(10-12)20-11-14-8-7-13-4-2-3-5-16(13)19-14/h2-10H,11H2,1H3. The Morgan fingerprint density at radius 1 is 1.05 bits per heavy atom. The van der Waals surface area contributed by atoms with Gasteiger partial charge < -0.3 is 4.74 Å². The topological polar surface area (TPSA) is 22.1 Å². The van der Waals surface area contributed by atoms with Crippen molar-refractivity contribution in [2.24, 2.45) is 0 Å². The maximum atomic E-state index is 13.6. The zero-order valence-electron chi connectivity index (χ0n) is 11.1. The summed E-state index contributed by atoms with van der Waals surface area (Å²) in [5, 5.41) is 1.08. The molecule has 0 bridgehead atoms. The summed E-state index contributed by atoms with van der Waals surface area (Å²) in [7, 11) is 0. The Balaban J connectivity index is 1.81. The number of rotatable bonds is 3. The third kappa shape index (κ3) is 2.62. The van der Waals surface area contributed by atoms with Gasteiger partial charge in [-0.3, -0.25) is 0 Å². The van der Waals surface area contributed by atoms with E-state index in [1.54, 1.807) is 12.1 Å². The van der Waals surface area contributed by atoms with E-state index < -0.39 is 0 Å². The molecule has 0 aliphatic rings. The molecule has 1 heterocycles. The third-order valence-corrected chi connectivity index (χ3v) is 3.12. The van der Waals surface area contributed by atoms with Gasteiger partial charge >= 0.3 is 0 Å². The summed E-state index contributed by atoms with van der Waals surface area (Å²) in [4.78, 5) is 4.49. The van der Waals surface area contributed by atoms with Crippen LogP contribution >= 0.6 is 0 Å². The molecule has 0 N–H and O–H groups in total. The minimum absolute atomic E-state index is 0.255. The van der Waals surface area contributed by atoms with Crippen molar-refractivity contribution >= 4 is 10.9 Å². The van der Waals surface area contributed by atoms with Gasteiger partial charge in [-0.15, -0.1) is 0 Å². The van der Waals surface area contributed by atoms with Gasteiger partial charge in [0.15, 0.2) is 11.6 Å². The molecule has 3 rings (SSSR count). The first kappa shape index (κ1) is 12.6. The van der Waals surface area contributed by atoms with Crippen LogP contribution in [-0.4, -0.2) is 4.98 Å². The largest absolute Gasteiger partial charge is 0.484 e. The Kier molecular flexibility index (Phi) is 3.33. The molecule has 0 unspecified atom stereocenters. The van der Waals surface area contributed by atoms with Crippen LogP contribution < -0.4 is 4.74 Å². The van der Waals surface area contributed by atoms with E-state index in [4.69, 9.17) is 4.74 Å². The highest BCUT2D eigenvalue weighted by atomic mass is 19.1. The van der Waals surface area contributed by atoms with Crippen molar-refractivity contribution in [3.05, 3.63) is 71.7 Å². The minimum Gasteiger partial charge on any atom is -0.484 e. The van der Waals surface area contributed by atoms with Gasteiger partial charge in [0.1, 0.15) is 6.61 Å². The van der Waals surface area contributed by atoms with Crippen molar-refractivity contribution in [1.82, 2.24) is 4.98 Å². The second kappa shape index (κ2) is 5.29. The van der Waals surface area contributed by atoms with E-state index >= 15 is 0 Å². The lowest BCUT2D eigenvalue weighted by atomic mass is 10.2. The van der Waals surface area contributed by atoms with Gasteiger partial charge in [0, 0.05) is 5.39 Å². The van der Waals surface area contributed by atoms with Gasteiger partial charge in [-0.2, -0.15) is 0 Å². The number of hydrogen-bond acceptors (Lipinski definition) is 2. The molecule has 0 saturated heterocycles. The van der Waals surface area contributed by atoms with E-state index in [0.29, 0.717) is 0 Å². The van der Waals surface area contributed by atoms with Crippen LogP contribution in [0.2, 0.25) is 0 Å². The quantitative estimate of drug-likeness (QED) is 0.707. The van der Waals surface area contributed by atoms with E-state index in [0.717, 1.165) is 22.2 Å². The van der Waals surface area contributed by atoms with Crippen molar-refractivity contribution in [2.45, 2.75) is 13.5 Å².